The first-order valence-corrected chi connectivity index (χ1v) is 4.89. The molecule has 0 atom stereocenters. The molecule has 0 bridgehead atoms. The van der Waals surface area contributed by atoms with E-state index in [1.165, 1.54) is 25.4 Å². The van der Waals surface area contributed by atoms with Crippen molar-refractivity contribution < 1.29 is 24.3 Å². The average Bonchev–Trinajstić information content (AvgIpc) is 2.75. The second-order valence-electron chi connectivity index (χ2n) is 3.48. The summed E-state index contributed by atoms with van der Waals surface area (Å²) >= 11 is 0. The number of aromatic carboxylic acids is 1. The Morgan fingerprint density at radius 3 is 2.72 bits per heavy atom. The van der Waals surface area contributed by atoms with Crippen LogP contribution in [0.4, 0.5) is 5.88 Å². The molecule has 2 rings (SSSR count). The van der Waals surface area contributed by atoms with Gasteiger partial charge < -0.3 is 25.2 Å². The van der Waals surface area contributed by atoms with Crippen molar-refractivity contribution in [2.75, 3.05) is 12.8 Å². The number of carboxylic acids is 1. The zero-order valence-electron chi connectivity index (χ0n) is 9.38. The number of anilines is 1. The summed E-state index contributed by atoms with van der Waals surface area (Å²) in [6.07, 6.45) is 1.35. The van der Waals surface area contributed by atoms with Crippen LogP contribution in [0.2, 0.25) is 0 Å². The first-order chi connectivity index (χ1) is 8.54. The summed E-state index contributed by atoms with van der Waals surface area (Å²) in [6, 6.07) is 2.72. The van der Waals surface area contributed by atoms with Crippen molar-refractivity contribution in [1.82, 2.24) is 5.16 Å². The molecule has 0 saturated heterocycles. The lowest BCUT2D eigenvalue weighted by Crippen LogP contribution is -1.99. The van der Waals surface area contributed by atoms with Crippen molar-refractivity contribution in [2.45, 2.75) is 0 Å². The molecule has 94 valence electrons. The number of carboxylic acid groups (broad SMARTS) is 1. The van der Waals surface area contributed by atoms with E-state index in [1.54, 1.807) is 0 Å². The quantitative estimate of drug-likeness (QED) is 0.751. The monoisotopic (exact) mass is 250 g/mol. The fraction of sp³-hybridized carbons (Fsp3) is 0.0909. The molecule has 7 heteroatoms. The molecule has 0 saturated carbocycles. The van der Waals surface area contributed by atoms with E-state index in [0.717, 1.165) is 0 Å². The Kier molecular flexibility index (Phi) is 2.80. The van der Waals surface area contributed by atoms with E-state index in [4.69, 9.17) is 20.1 Å². The summed E-state index contributed by atoms with van der Waals surface area (Å²) in [5, 5.41) is 22.2. The summed E-state index contributed by atoms with van der Waals surface area (Å²) < 4.78 is 9.61. The Morgan fingerprint density at radius 1 is 1.50 bits per heavy atom. The first kappa shape index (κ1) is 11.8. The van der Waals surface area contributed by atoms with Gasteiger partial charge in [-0.1, -0.05) is 5.16 Å². The number of hydrogen-bond acceptors (Lipinski definition) is 6. The van der Waals surface area contributed by atoms with E-state index in [1.807, 2.05) is 0 Å². The molecule has 0 amide bonds. The number of aromatic hydroxyl groups is 1. The Labute approximate surface area is 101 Å². The minimum Gasteiger partial charge on any atom is -0.504 e. The molecular weight excluding hydrogens is 240 g/mol. The predicted octanol–water partition coefficient (Wildman–Crippen LogP) is 1.34. The number of nitrogens with two attached hydrogens (primary N) is 1. The minimum atomic E-state index is -1.28. The van der Waals surface area contributed by atoms with Gasteiger partial charge in [-0.2, -0.15) is 0 Å². The van der Waals surface area contributed by atoms with Gasteiger partial charge in [-0.15, -0.1) is 0 Å². The highest BCUT2D eigenvalue weighted by Crippen LogP contribution is 2.37. The van der Waals surface area contributed by atoms with Gasteiger partial charge in [0.25, 0.3) is 0 Å². The molecule has 1 heterocycles. The molecule has 0 aliphatic carbocycles. The minimum absolute atomic E-state index is 0.0329. The van der Waals surface area contributed by atoms with Crippen LogP contribution in [0.1, 0.15) is 10.4 Å². The highest BCUT2D eigenvalue weighted by atomic mass is 16.5. The molecule has 7 nitrogen and oxygen atoms in total. The molecule has 0 radical (unpaired) electrons. The lowest BCUT2D eigenvalue weighted by Gasteiger charge is -2.08. The van der Waals surface area contributed by atoms with Gasteiger partial charge in [0.2, 0.25) is 5.88 Å². The van der Waals surface area contributed by atoms with Crippen molar-refractivity contribution in [3.05, 3.63) is 23.9 Å². The fourth-order valence-electron chi connectivity index (χ4n) is 1.55. The summed E-state index contributed by atoms with van der Waals surface area (Å²) in [6.45, 7) is 0. The van der Waals surface area contributed by atoms with Crippen LogP contribution in [0.25, 0.3) is 11.1 Å². The van der Waals surface area contributed by atoms with Crippen LogP contribution in [0, 0.1) is 0 Å². The number of ether oxygens (including phenoxy) is 1. The van der Waals surface area contributed by atoms with E-state index < -0.39 is 11.7 Å². The zero-order valence-corrected chi connectivity index (χ0v) is 9.38. The maximum atomic E-state index is 11.0. The topological polar surface area (TPSA) is 119 Å². The third-order valence-electron chi connectivity index (χ3n) is 2.43. The number of benzene rings is 1. The second kappa shape index (κ2) is 4.28. The highest BCUT2D eigenvalue weighted by Gasteiger charge is 2.18. The summed E-state index contributed by atoms with van der Waals surface area (Å²) in [7, 11) is 1.32. The number of aromatic nitrogens is 1. The summed E-state index contributed by atoms with van der Waals surface area (Å²) in [4.78, 5) is 11.0. The number of nitrogens with zero attached hydrogens (tertiary/aromatic N) is 1. The van der Waals surface area contributed by atoms with Crippen LogP contribution < -0.4 is 10.5 Å². The smallest absolute Gasteiger partial charge is 0.339 e. The molecule has 0 aliphatic rings. The van der Waals surface area contributed by atoms with Crippen molar-refractivity contribution in [3.63, 3.8) is 0 Å². The van der Waals surface area contributed by atoms with Crippen molar-refractivity contribution >= 4 is 11.9 Å². The Balaban J connectivity index is 2.67. The van der Waals surface area contributed by atoms with Gasteiger partial charge in [-0.3, -0.25) is 0 Å². The molecule has 1 aromatic heterocycles. The van der Waals surface area contributed by atoms with Crippen molar-refractivity contribution in [3.8, 4) is 22.6 Å². The van der Waals surface area contributed by atoms with E-state index >= 15 is 0 Å². The molecule has 18 heavy (non-hydrogen) atoms. The number of rotatable bonds is 3. The van der Waals surface area contributed by atoms with Crippen LogP contribution in [0.15, 0.2) is 22.9 Å². The molecule has 2 aromatic rings. The third-order valence-corrected chi connectivity index (χ3v) is 2.43. The van der Waals surface area contributed by atoms with Gasteiger partial charge in [0.05, 0.1) is 18.9 Å². The van der Waals surface area contributed by atoms with Gasteiger partial charge in [0, 0.05) is 0 Å². The zero-order chi connectivity index (χ0) is 13.3. The molecule has 1 aromatic carbocycles. The number of methoxy groups -OCH3 is 1. The Bertz CT molecular complexity index is 605. The standard InChI is InChI=1S/C11H10N2O5/c1-17-8-3-5(7-4-13-18-10(7)12)2-6(9(8)14)11(15)16/h2-4,14H,12H2,1H3,(H,15,16). The SMILES string of the molecule is COc1cc(-c2cnoc2N)cc(C(=O)O)c1O. The summed E-state index contributed by atoms with van der Waals surface area (Å²) in [5.74, 6) is -1.63. The fourth-order valence-corrected chi connectivity index (χ4v) is 1.55. The normalized spacial score (nSPS) is 10.3. The van der Waals surface area contributed by atoms with Crippen molar-refractivity contribution in [1.29, 1.82) is 0 Å². The van der Waals surface area contributed by atoms with Gasteiger partial charge in [0.15, 0.2) is 11.5 Å². The van der Waals surface area contributed by atoms with Crippen LogP contribution in [-0.4, -0.2) is 28.4 Å². The molecule has 4 N–H and O–H groups in total. The molecule has 0 aliphatic heterocycles. The van der Waals surface area contributed by atoms with Crippen LogP contribution in [-0.2, 0) is 0 Å². The summed E-state index contributed by atoms with van der Waals surface area (Å²) in [5.41, 5.74) is 6.12. The van der Waals surface area contributed by atoms with Crippen LogP contribution >= 0.6 is 0 Å². The van der Waals surface area contributed by atoms with Gasteiger partial charge >= 0.3 is 5.97 Å². The molecule has 0 spiro atoms. The lowest BCUT2D eigenvalue weighted by molar-refractivity contribution is 0.0693. The van der Waals surface area contributed by atoms with Gasteiger partial charge in [-0.05, 0) is 17.7 Å². The van der Waals surface area contributed by atoms with E-state index in [-0.39, 0.29) is 17.2 Å². The van der Waals surface area contributed by atoms with E-state index in [2.05, 4.69) is 5.16 Å². The van der Waals surface area contributed by atoms with Gasteiger partial charge in [-0.25, -0.2) is 4.79 Å². The molecular formula is C11H10N2O5. The van der Waals surface area contributed by atoms with Gasteiger partial charge in [0.1, 0.15) is 5.56 Å². The number of hydrogen-bond donors (Lipinski definition) is 3. The van der Waals surface area contributed by atoms with E-state index in [0.29, 0.717) is 11.1 Å². The predicted molar refractivity (Wildman–Crippen MR) is 61.5 cm³/mol. The maximum absolute atomic E-state index is 11.0. The maximum Gasteiger partial charge on any atom is 0.339 e. The Hall–Kier alpha value is -2.70. The highest BCUT2D eigenvalue weighted by molar-refractivity contribution is 5.94. The average molecular weight is 250 g/mol. The Morgan fingerprint density at radius 2 is 2.22 bits per heavy atom. The second-order valence-corrected chi connectivity index (χ2v) is 3.48. The third kappa shape index (κ3) is 1.81. The molecule has 0 fully saturated rings. The van der Waals surface area contributed by atoms with Crippen LogP contribution in [0.5, 0.6) is 11.5 Å². The lowest BCUT2D eigenvalue weighted by atomic mass is 10.0. The van der Waals surface area contributed by atoms with E-state index in [9.17, 15) is 9.90 Å². The van der Waals surface area contributed by atoms with Crippen LogP contribution in [0.3, 0.4) is 0 Å². The first-order valence-electron chi connectivity index (χ1n) is 4.89. The number of phenols is 1. The number of nitrogen functional groups attached to an aromatic ring is 1. The van der Waals surface area contributed by atoms with Crippen molar-refractivity contribution in [2.24, 2.45) is 0 Å². The number of carbonyl (C=O) groups is 1. The largest absolute Gasteiger partial charge is 0.504 e. The molecule has 0 unspecified atom stereocenters.